The summed E-state index contributed by atoms with van der Waals surface area (Å²) in [5, 5.41) is 0. The quantitative estimate of drug-likeness (QED) is 0.537. The number of rotatable bonds is 5. The van der Waals surface area contributed by atoms with Gasteiger partial charge in [-0.05, 0) is 80.6 Å². The molecule has 0 aromatic rings. The summed E-state index contributed by atoms with van der Waals surface area (Å²) in [5.74, 6) is 3.71. The average molecular weight is 319 g/mol. The number of ether oxygens (including phenoxy) is 1. The minimum absolute atomic E-state index is 0.535. The maximum Gasteiger partial charge on any atom is 0.101 e. The molecule has 0 bridgehead atoms. The Morgan fingerprint density at radius 2 is 1.57 bits per heavy atom. The van der Waals surface area contributed by atoms with Crippen molar-refractivity contribution in [1.29, 1.82) is 0 Å². The van der Waals surface area contributed by atoms with Crippen LogP contribution in [-0.2, 0) is 4.74 Å². The van der Waals surface area contributed by atoms with E-state index < -0.39 is 0 Å². The van der Waals surface area contributed by atoms with Gasteiger partial charge in [-0.3, -0.25) is 0 Å². The van der Waals surface area contributed by atoms with Crippen LogP contribution >= 0.6 is 0 Å². The highest BCUT2D eigenvalue weighted by atomic mass is 16.5. The molecule has 0 radical (unpaired) electrons. The third-order valence-electron chi connectivity index (χ3n) is 7.17. The number of allylic oxidation sites excluding steroid dienone is 1. The molecule has 2 aliphatic carbocycles. The van der Waals surface area contributed by atoms with Crippen molar-refractivity contribution in [3.8, 4) is 0 Å². The SMILES string of the molecule is CCCC1CCC(C2CCC(C3CCC(CC)CC3)=CO2)CC1. The van der Waals surface area contributed by atoms with Gasteiger partial charge in [-0.1, -0.05) is 46.0 Å². The smallest absolute Gasteiger partial charge is 0.101 e. The normalized spacial score (nSPS) is 38.7. The van der Waals surface area contributed by atoms with E-state index in [1.807, 2.05) is 0 Å². The lowest BCUT2D eigenvalue weighted by Gasteiger charge is -2.37. The van der Waals surface area contributed by atoms with Crippen molar-refractivity contribution in [2.45, 2.75) is 103 Å². The highest BCUT2D eigenvalue weighted by molar-refractivity contribution is 5.08. The lowest BCUT2D eigenvalue weighted by atomic mass is 9.74. The van der Waals surface area contributed by atoms with E-state index in [0.29, 0.717) is 6.10 Å². The molecule has 0 aromatic heterocycles. The molecule has 1 nitrogen and oxygen atoms in total. The van der Waals surface area contributed by atoms with Crippen molar-refractivity contribution < 1.29 is 4.74 Å². The summed E-state index contributed by atoms with van der Waals surface area (Å²) in [5.41, 5.74) is 1.65. The van der Waals surface area contributed by atoms with Gasteiger partial charge in [0.25, 0.3) is 0 Å². The van der Waals surface area contributed by atoms with E-state index in [-0.39, 0.29) is 0 Å². The van der Waals surface area contributed by atoms with Gasteiger partial charge >= 0.3 is 0 Å². The maximum absolute atomic E-state index is 6.27. The Morgan fingerprint density at radius 1 is 0.870 bits per heavy atom. The molecule has 23 heavy (non-hydrogen) atoms. The fourth-order valence-electron chi connectivity index (χ4n) is 5.46. The summed E-state index contributed by atoms with van der Waals surface area (Å²) in [6.45, 7) is 4.68. The second-order valence-corrected chi connectivity index (χ2v) is 8.60. The molecular weight excluding hydrogens is 280 g/mol. The number of hydrogen-bond donors (Lipinski definition) is 0. The summed E-state index contributed by atoms with van der Waals surface area (Å²) in [7, 11) is 0. The molecule has 1 atom stereocenters. The zero-order valence-electron chi connectivity index (χ0n) is 15.6. The Labute approximate surface area is 144 Å². The Hall–Kier alpha value is -0.460. The monoisotopic (exact) mass is 318 g/mol. The molecule has 0 amide bonds. The van der Waals surface area contributed by atoms with Gasteiger partial charge in [-0.15, -0.1) is 0 Å². The summed E-state index contributed by atoms with van der Waals surface area (Å²) in [6.07, 6.45) is 21.0. The average Bonchev–Trinajstić information content (AvgIpc) is 2.63. The van der Waals surface area contributed by atoms with E-state index in [0.717, 1.165) is 23.7 Å². The van der Waals surface area contributed by atoms with Crippen LogP contribution in [0.3, 0.4) is 0 Å². The second-order valence-electron chi connectivity index (χ2n) is 8.60. The molecule has 1 heteroatoms. The molecule has 132 valence electrons. The van der Waals surface area contributed by atoms with E-state index in [4.69, 9.17) is 4.74 Å². The van der Waals surface area contributed by atoms with Gasteiger partial charge in [0.1, 0.15) is 6.10 Å². The first kappa shape index (κ1) is 17.4. The predicted molar refractivity (Wildman–Crippen MR) is 98.3 cm³/mol. The van der Waals surface area contributed by atoms with Crippen LogP contribution < -0.4 is 0 Å². The molecule has 0 spiro atoms. The first-order valence-electron chi connectivity index (χ1n) is 10.6. The van der Waals surface area contributed by atoms with E-state index in [9.17, 15) is 0 Å². The molecule has 0 aromatic carbocycles. The second kappa shape index (κ2) is 8.58. The summed E-state index contributed by atoms with van der Waals surface area (Å²) in [4.78, 5) is 0. The first-order valence-corrected chi connectivity index (χ1v) is 10.6. The fraction of sp³-hybridized carbons (Fsp3) is 0.909. The molecule has 1 unspecified atom stereocenters. The van der Waals surface area contributed by atoms with Crippen LogP contribution in [0.4, 0.5) is 0 Å². The van der Waals surface area contributed by atoms with Gasteiger partial charge in [0.15, 0.2) is 0 Å². The number of hydrogen-bond acceptors (Lipinski definition) is 1. The molecule has 2 saturated carbocycles. The maximum atomic E-state index is 6.27. The van der Waals surface area contributed by atoms with Crippen LogP contribution in [-0.4, -0.2) is 6.10 Å². The topological polar surface area (TPSA) is 9.23 Å². The van der Waals surface area contributed by atoms with E-state index in [1.54, 1.807) is 5.57 Å². The van der Waals surface area contributed by atoms with Crippen LogP contribution in [0.25, 0.3) is 0 Å². The lowest BCUT2D eigenvalue weighted by molar-refractivity contribution is 0.0361. The zero-order valence-corrected chi connectivity index (χ0v) is 15.6. The van der Waals surface area contributed by atoms with Crippen molar-refractivity contribution in [3.05, 3.63) is 11.8 Å². The Kier molecular flexibility index (Phi) is 6.48. The van der Waals surface area contributed by atoms with Gasteiger partial charge in [-0.2, -0.15) is 0 Å². The zero-order chi connectivity index (χ0) is 16.1. The first-order chi connectivity index (χ1) is 11.3. The lowest BCUT2D eigenvalue weighted by Crippen LogP contribution is -2.30. The summed E-state index contributed by atoms with van der Waals surface area (Å²) < 4.78 is 6.27. The Bertz CT molecular complexity index is 369. The van der Waals surface area contributed by atoms with E-state index >= 15 is 0 Å². The van der Waals surface area contributed by atoms with Crippen LogP contribution in [0, 0.1) is 23.7 Å². The standard InChI is InChI=1S/C22H38O/c1-3-5-18-8-12-20(13-9-18)22-15-14-21(16-23-22)19-10-6-17(4-2)7-11-19/h16-20,22H,3-15H2,1-2H3. The van der Waals surface area contributed by atoms with E-state index in [2.05, 4.69) is 20.1 Å². The van der Waals surface area contributed by atoms with Gasteiger partial charge < -0.3 is 4.74 Å². The van der Waals surface area contributed by atoms with Crippen molar-refractivity contribution in [2.24, 2.45) is 23.7 Å². The summed E-state index contributed by atoms with van der Waals surface area (Å²) in [6, 6.07) is 0. The minimum Gasteiger partial charge on any atom is -0.498 e. The van der Waals surface area contributed by atoms with Crippen LogP contribution in [0.1, 0.15) is 97.3 Å². The molecule has 3 aliphatic rings. The van der Waals surface area contributed by atoms with Crippen LogP contribution in [0.15, 0.2) is 11.8 Å². The van der Waals surface area contributed by atoms with Crippen LogP contribution in [0.2, 0.25) is 0 Å². The van der Waals surface area contributed by atoms with Gasteiger partial charge in [-0.25, -0.2) is 0 Å². The molecule has 3 rings (SSSR count). The van der Waals surface area contributed by atoms with Crippen molar-refractivity contribution in [3.63, 3.8) is 0 Å². The highest BCUT2D eigenvalue weighted by Gasteiger charge is 2.31. The molecule has 0 N–H and O–H groups in total. The van der Waals surface area contributed by atoms with Gasteiger partial charge in [0.05, 0.1) is 6.26 Å². The Morgan fingerprint density at radius 3 is 2.13 bits per heavy atom. The third kappa shape index (κ3) is 4.54. The third-order valence-corrected chi connectivity index (χ3v) is 7.17. The van der Waals surface area contributed by atoms with Gasteiger partial charge in [0.2, 0.25) is 0 Å². The molecule has 1 heterocycles. The molecule has 2 fully saturated rings. The fourth-order valence-corrected chi connectivity index (χ4v) is 5.46. The highest BCUT2D eigenvalue weighted by Crippen LogP contribution is 2.41. The Balaban J connectivity index is 1.44. The van der Waals surface area contributed by atoms with Crippen molar-refractivity contribution in [1.82, 2.24) is 0 Å². The van der Waals surface area contributed by atoms with Crippen molar-refractivity contribution in [2.75, 3.05) is 0 Å². The summed E-state index contributed by atoms with van der Waals surface area (Å²) >= 11 is 0. The molecular formula is C22H38O. The molecule has 0 saturated heterocycles. The van der Waals surface area contributed by atoms with Gasteiger partial charge in [0, 0.05) is 0 Å². The minimum atomic E-state index is 0.535. The van der Waals surface area contributed by atoms with E-state index in [1.165, 1.54) is 83.5 Å². The van der Waals surface area contributed by atoms with Crippen LogP contribution in [0.5, 0.6) is 0 Å². The van der Waals surface area contributed by atoms with Crippen molar-refractivity contribution >= 4 is 0 Å². The molecule has 1 aliphatic heterocycles. The largest absolute Gasteiger partial charge is 0.498 e. The predicted octanol–water partition coefficient (Wildman–Crippen LogP) is 6.87.